The van der Waals surface area contributed by atoms with Crippen LogP contribution in [0, 0.1) is 0 Å². The van der Waals surface area contributed by atoms with Crippen LogP contribution in [0.4, 0.5) is 0 Å². The summed E-state index contributed by atoms with van der Waals surface area (Å²) in [6.07, 6.45) is 7.58. The monoisotopic (exact) mass is 506 g/mol. The van der Waals surface area contributed by atoms with Crippen molar-refractivity contribution >= 4 is 23.2 Å². The molecule has 196 valence electrons. The van der Waals surface area contributed by atoms with Crippen molar-refractivity contribution in [1.82, 2.24) is 39.6 Å². The van der Waals surface area contributed by atoms with Crippen molar-refractivity contribution in [3.63, 3.8) is 0 Å². The molecule has 0 fully saturated rings. The Labute approximate surface area is 215 Å². The first-order chi connectivity index (χ1) is 17.9. The van der Waals surface area contributed by atoms with Gasteiger partial charge in [0.15, 0.2) is 5.65 Å². The van der Waals surface area contributed by atoms with Crippen LogP contribution >= 0.6 is 0 Å². The molecule has 4 aromatic rings. The van der Waals surface area contributed by atoms with Crippen LogP contribution in [0.5, 0.6) is 5.88 Å². The highest BCUT2D eigenvalue weighted by Crippen LogP contribution is 2.36. The molecule has 5 heterocycles. The standard InChI is InChI=1S/C26H34N8O3/c1-6-33-12-17(3)37-26-24(22(15-36-5)31-32(26)4)19-9-20-21(29-30-25(20)27-10-19)8-7-18-11-28-34(16(2)14-35)23(18)13-33/h7-11,16-17,35H,6,12-15H2,1-5H3,(H,27,29,30)/b8-7+/t16-,17-/m0/s1. The van der Waals surface area contributed by atoms with E-state index in [0.717, 1.165) is 45.7 Å². The van der Waals surface area contributed by atoms with Crippen LogP contribution in [0.2, 0.25) is 0 Å². The van der Waals surface area contributed by atoms with Crippen LogP contribution < -0.4 is 4.74 Å². The van der Waals surface area contributed by atoms with E-state index in [1.165, 1.54) is 0 Å². The zero-order valence-corrected chi connectivity index (χ0v) is 22.0. The number of hydrogen-bond donors (Lipinski definition) is 2. The Morgan fingerprint density at radius 1 is 1.30 bits per heavy atom. The van der Waals surface area contributed by atoms with Gasteiger partial charge in [-0.2, -0.15) is 15.3 Å². The molecule has 37 heavy (non-hydrogen) atoms. The number of hydrogen-bond acceptors (Lipinski definition) is 8. The first-order valence-electron chi connectivity index (χ1n) is 12.6. The second-order valence-electron chi connectivity index (χ2n) is 9.53. The molecule has 11 nitrogen and oxygen atoms in total. The van der Waals surface area contributed by atoms with E-state index in [0.29, 0.717) is 31.2 Å². The third-order valence-electron chi connectivity index (χ3n) is 6.77. The van der Waals surface area contributed by atoms with Gasteiger partial charge in [0.05, 0.1) is 48.1 Å². The van der Waals surface area contributed by atoms with Gasteiger partial charge in [-0.3, -0.25) is 14.7 Å². The normalized spacial score (nSPS) is 18.2. The molecule has 1 aliphatic rings. The van der Waals surface area contributed by atoms with Crippen molar-refractivity contribution in [1.29, 1.82) is 0 Å². The highest BCUT2D eigenvalue weighted by atomic mass is 16.5. The summed E-state index contributed by atoms with van der Waals surface area (Å²) in [5.41, 5.74) is 6.04. The molecule has 2 atom stereocenters. The summed E-state index contributed by atoms with van der Waals surface area (Å²) in [5, 5.41) is 27.6. The second kappa shape index (κ2) is 10.4. The first-order valence-corrected chi connectivity index (χ1v) is 12.6. The molecule has 0 amide bonds. The van der Waals surface area contributed by atoms with E-state index in [-0.39, 0.29) is 18.8 Å². The highest BCUT2D eigenvalue weighted by molar-refractivity contribution is 5.91. The summed E-state index contributed by atoms with van der Waals surface area (Å²) in [6, 6.07) is 1.93. The number of aliphatic hydroxyl groups excluding tert-OH is 1. The van der Waals surface area contributed by atoms with Crippen LogP contribution in [0.15, 0.2) is 18.5 Å². The van der Waals surface area contributed by atoms with Crippen LogP contribution in [0.1, 0.15) is 49.5 Å². The Morgan fingerprint density at radius 2 is 2.14 bits per heavy atom. The Hall–Kier alpha value is -3.54. The molecule has 0 unspecified atom stereocenters. The number of methoxy groups -OCH3 is 1. The van der Waals surface area contributed by atoms with Gasteiger partial charge in [0, 0.05) is 50.0 Å². The van der Waals surface area contributed by atoms with E-state index in [1.54, 1.807) is 18.0 Å². The van der Waals surface area contributed by atoms with E-state index in [1.807, 2.05) is 37.0 Å². The van der Waals surface area contributed by atoms with E-state index in [2.05, 4.69) is 45.1 Å². The number of H-pyrrole nitrogens is 1. The summed E-state index contributed by atoms with van der Waals surface area (Å²) in [4.78, 5) is 6.94. The lowest BCUT2D eigenvalue weighted by atomic mass is 10.1. The number of nitrogens with zero attached hydrogens (tertiary/aromatic N) is 7. The summed E-state index contributed by atoms with van der Waals surface area (Å²) >= 11 is 0. The number of rotatable bonds is 5. The molecule has 1 aliphatic heterocycles. The maximum Gasteiger partial charge on any atom is 0.220 e. The van der Waals surface area contributed by atoms with E-state index in [4.69, 9.17) is 14.6 Å². The van der Waals surface area contributed by atoms with Gasteiger partial charge >= 0.3 is 0 Å². The topological polar surface area (TPSA) is 119 Å². The minimum atomic E-state index is -0.137. The maximum atomic E-state index is 9.84. The van der Waals surface area contributed by atoms with E-state index >= 15 is 0 Å². The fourth-order valence-corrected chi connectivity index (χ4v) is 4.85. The summed E-state index contributed by atoms with van der Waals surface area (Å²) in [6.45, 7) is 8.72. The number of aliphatic hydroxyl groups is 1. The van der Waals surface area contributed by atoms with Gasteiger partial charge in [-0.1, -0.05) is 6.92 Å². The Bertz CT molecular complexity index is 1420. The zero-order valence-electron chi connectivity index (χ0n) is 22.0. The Morgan fingerprint density at radius 3 is 2.89 bits per heavy atom. The average Bonchev–Trinajstić information content (AvgIpc) is 3.57. The SMILES string of the molecule is CCN1Cc2c(cnn2[C@@H](C)CO)/C=C/c2[nH]nc3ncc(cc23)-c2c(COC)nn(C)c2O[C@@H](C)C1. The van der Waals surface area contributed by atoms with Gasteiger partial charge in [0.25, 0.3) is 0 Å². The van der Waals surface area contributed by atoms with Crippen molar-refractivity contribution < 1.29 is 14.6 Å². The fourth-order valence-electron chi connectivity index (χ4n) is 4.85. The fraction of sp³-hybridized carbons (Fsp3) is 0.462. The molecule has 0 saturated carbocycles. The number of aromatic nitrogens is 7. The molecule has 5 rings (SSSR count). The highest BCUT2D eigenvalue weighted by Gasteiger charge is 2.24. The molecular formula is C26H34N8O3. The molecule has 11 heteroatoms. The Kier molecular flexibility index (Phi) is 7.09. The van der Waals surface area contributed by atoms with Crippen molar-refractivity contribution in [3.05, 3.63) is 41.1 Å². The van der Waals surface area contributed by atoms with Crippen molar-refractivity contribution in [3.8, 4) is 17.0 Å². The van der Waals surface area contributed by atoms with Crippen LogP contribution in [0.25, 0.3) is 34.3 Å². The second-order valence-corrected chi connectivity index (χ2v) is 9.53. The predicted octanol–water partition coefficient (Wildman–Crippen LogP) is 3.03. The molecular weight excluding hydrogens is 472 g/mol. The first kappa shape index (κ1) is 25.1. The number of aromatic amines is 1. The van der Waals surface area contributed by atoms with E-state index in [9.17, 15) is 5.11 Å². The van der Waals surface area contributed by atoms with Gasteiger partial charge in [0.1, 0.15) is 6.10 Å². The van der Waals surface area contributed by atoms with Crippen molar-refractivity contribution in [2.75, 3.05) is 26.8 Å². The molecule has 0 radical (unpaired) electrons. The van der Waals surface area contributed by atoms with E-state index < -0.39 is 0 Å². The summed E-state index contributed by atoms with van der Waals surface area (Å²) in [5.74, 6) is 0.673. The maximum absolute atomic E-state index is 9.84. The molecule has 0 aromatic carbocycles. The molecule has 4 aromatic heterocycles. The minimum Gasteiger partial charge on any atom is -0.473 e. The smallest absolute Gasteiger partial charge is 0.220 e. The van der Waals surface area contributed by atoms with Crippen LogP contribution in [-0.2, 0) is 24.9 Å². The Balaban J connectivity index is 1.69. The largest absolute Gasteiger partial charge is 0.473 e. The predicted molar refractivity (Wildman–Crippen MR) is 141 cm³/mol. The molecule has 0 aliphatic carbocycles. The number of ether oxygens (including phenoxy) is 2. The van der Waals surface area contributed by atoms with Crippen molar-refractivity contribution in [2.45, 2.75) is 46.1 Å². The van der Waals surface area contributed by atoms with Crippen LogP contribution in [-0.4, -0.2) is 77.7 Å². The number of pyridine rings is 1. The number of fused-ring (bicyclic) bond motifs is 4. The van der Waals surface area contributed by atoms with Gasteiger partial charge in [-0.05, 0) is 38.6 Å². The number of aryl methyl sites for hydroxylation is 1. The van der Waals surface area contributed by atoms with Gasteiger partial charge in [-0.15, -0.1) is 0 Å². The van der Waals surface area contributed by atoms with Gasteiger partial charge in [0.2, 0.25) is 5.88 Å². The lowest BCUT2D eigenvalue weighted by molar-refractivity contribution is 0.132. The summed E-state index contributed by atoms with van der Waals surface area (Å²) in [7, 11) is 3.54. The third kappa shape index (κ3) is 4.77. The number of likely N-dealkylation sites (N-methyl/N-ethyl adjacent to an activating group) is 1. The van der Waals surface area contributed by atoms with Crippen LogP contribution in [0.3, 0.4) is 0 Å². The lowest BCUT2D eigenvalue weighted by Gasteiger charge is -2.26. The number of nitrogens with one attached hydrogen (secondary N) is 1. The average molecular weight is 507 g/mol. The molecule has 2 N–H and O–H groups in total. The zero-order chi connectivity index (χ0) is 26.1. The molecule has 0 spiro atoms. The lowest BCUT2D eigenvalue weighted by Crippen LogP contribution is -2.35. The molecule has 0 saturated heterocycles. The van der Waals surface area contributed by atoms with Gasteiger partial charge in [-0.25, -0.2) is 9.67 Å². The van der Waals surface area contributed by atoms with Crippen molar-refractivity contribution in [2.24, 2.45) is 7.05 Å². The third-order valence-corrected chi connectivity index (χ3v) is 6.77. The van der Waals surface area contributed by atoms with Gasteiger partial charge < -0.3 is 14.6 Å². The minimum absolute atomic E-state index is 0.0101. The molecule has 2 bridgehead atoms. The quantitative estimate of drug-likeness (QED) is 0.424. The summed E-state index contributed by atoms with van der Waals surface area (Å²) < 4.78 is 15.7.